The van der Waals surface area contributed by atoms with Crippen molar-refractivity contribution in [1.82, 2.24) is 20.9 Å². The molecule has 0 spiro atoms. The van der Waals surface area contributed by atoms with E-state index in [0.717, 1.165) is 44.5 Å². The second-order valence-electron chi connectivity index (χ2n) is 7.40. The van der Waals surface area contributed by atoms with E-state index in [9.17, 15) is 4.79 Å². The molecule has 29 heavy (non-hydrogen) atoms. The van der Waals surface area contributed by atoms with Gasteiger partial charge in [0.05, 0.1) is 0 Å². The monoisotopic (exact) mass is 515 g/mol. The summed E-state index contributed by atoms with van der Waals surface area (Å²) in [6, 6.07) is 10.0. The van der Waals surface area contributed by atoms with E-state index in [-0.39, 0.29) is 29.9 Å². The molecule has 0 aromatic heterocycles. The Hall–Kier alpha value is -1.35. The van der Waals surface area contributed by atoms with Gasteiger partial charge in [0.2, 0.25) is 0 Å². The first kappa shape index (κ1) is 25.7. The van der Waals surface area contributed by atoms with E-state index in [1.807, 2.05) is 30.3 Å². The van der Waals surface area contributed by atoms with Crippen LogP contribution in [0.4, 0.5) is 0 Å². The van der Waals surface area contributed by atoms with Gasteiger partial charge in [-0.05, 0) is 58.2 Å². The number of piperidine rings is 1. The van der Waals surface area contributed by atoms with Gasteiger partial charge in [-0.2, -0.15) is 0 Å². The Bertz CT molecular complexity index is 596. The van der Waals surface area contributed by atoms with Crippen molar-refractivity contribution in [2.24, 2.45) is 4.99 Å². The maximum Gasteiger partial charge on any atom is 0.251 e. The van der Waals surface area contributed by atoms with Gasteiger partial charge in [-0.1, -0.05) is 24.6 Å². The Morgan fingerprint density at radius 3 is 2.59 bits per heavy atom. The predicted molar refractivity (Wildman–Crippen MR) is 132 cm³/mol. The van der Waals surface area contributed by atoms with Gasteiger partial charge in [0.1, 0.15) is 0 Å². The van der Waals surface area contributed by atoms with E-state index in [1.54, 1.807) is 0 Å². The molecular weight excluding hydrogens is 477 g/mol. The number of likely N-dealkylation sites (tertiary alicyclic amines) is 1. The number of nitrogens with zero attached hydrogens (tertiary/aromatic N) is 2. The number of amides is 1. The molecule has 6 nitrogen and oxygen atoms in total. The third-order valence-corrected chi connectivity index (χ3v) is 5.13. The summed E-state index contributed by atoms with van der Waals surface area (Å²) in [5.74, 6) is 0.838. The highest BCUT2D eigenvalue weighted by atomic mass is 127. The van der Waals surface area contributed by atoms with Crippen molar-refractivity contribution in [3.8, 4) is 0 Å². The van der Waals surface area contributed by atoms with Crippen LogP contribution in [0.25, 0.3) is 0 Å². The lowest BCUT2D eigenvalue weighted by Gasteiger charge is -2.33. The van der Waals surface area contributed by atoms with Crippen molar-refractivity contribution < 1.29 is 4.79 Å². The molecule has 7 heteroatoms. The van der Waals surface area contributed by atoms with Crippen molar-refractivity contribution in [3.05, 3.63) is 35.9 Å². The quantitative estimate of drug-likeness (QED) is 0.194. The molecule has 3 N–H and O–H groups in total. The normalized spacial score (nSPS) is 17.3. The molecule has 0 bridgehead atoms. The summed E-state index contributed by atoms with van der Waals surface area (Å²) in [5.41, 5.74) is 0.698. The van der Waals surface area contributed by atoms with Gasteiger partial charge in [-0.15, -0.1) is 24.0 Å². The van der Waals surface area contributed by atoms with Gasteiger partial charge in [0.25, 0.3) is 5.91 Å². The molecular formula is C22H38IN5O. The van der Waals surface area contributed by atoms with Crippen LogP contribution in [-0.4, -0.2) is 62.1 Å². The number of carbonyl (C=O) groups excluding carboxylic acids is 1. The summed E-state index contributed by atoms with van der Waals surface area (Å²) >= 11 is 0. The zero-order valence-electron chi connectivity index (χ0n) is 18.0. The molecule has 1 amide bonds. The molecule has 1 aliphatic rings. The second-order valence-corrected chi connectivity index (χ2v) is 7.40. The standard InChI is InChI=1S/C22H37N5O.HI/c1-3-23-22(26-16-10-18-27-17-8-7-11-19(27)2)25-15-9-14-24-21(28)20-12-5-4-6-13-20;/h4-6,12-13,19H,3,7-11,14-18H2,1-2H3,(H,24,28)(H2,23,25,26);1H. The van der Waals surface area contributed by atoms with Gasteiger partial charge >= 0.3 is 0 Å². The lowest BCUT2D eigenvalue weighted by molar-refractivity contribution is 0.0953. The second kappa shape index (κ2) is 15.5. The number of aliphatic imine (C=N–C) groups is 1. The highest BCUT2D eigenvalue weighted by Crippen LogP contribution is 2.15. The maximum absolute atomic E-state index is 12.0. The van der Waals surface area contributed by atoms with Crippen LogP contribution in [0.15, 0.2) is 35.3 Å². The van der Waals surface area contributed by atoms with Crippen LogP contribution in [0, 0.1) is 0 Å². The molecule has 164 valence electrons. The molecule has 1 heterocycles. The van der Waals surface area contributed by atoms with Gasteiger partial charge in [-0.25, -0.2) is 0 Å². The molecule has 0 radical (unpaired) electrons. The van der Waals surface area contributed by atoms with Crippen LogP contribution in [0.5, 0.6) is 0 Å². The zero-order valence-corrected chi connectivity index (χ0v) is 20.3. The van der Waals surface area contributed by atoms with Crippen molar-refractivity contribution >= 4 is 35.8 Å². The minimum atomic E-state index is -0.0263. The Morgan fingerprint density at radius 2 is 1.86 bits per heavy atom. The smallest absolute Gasteiger partial charge is 0.251 e. The molecule has 1 aromatic rings. The number of halogens is 1. The molecule has 0 saturated carbocycles. The number of rotatable bonds is 10. The Kier molecular flexibility index (Phi) is 13.7. The molecule has 0 aliphatic carbocycles. The summed E-state index contributed by atoms with van der Waals surface area (Å²) in [6.07, 6.45) is 5.99. The lowest BCUT2D eigenvalue weighted by atomic mass is 10.0. The summed E-state index contributed by atoms with van der Waals surface area (Å²) in [6.45, 7) is 9.90. The van der Waals surface area contributed by atoms with Gasteiger partial charge in [-0.3, -0.25) is 9.79 Å². The molecule has 1 aromatic carbocycles. The summed E-state index contributed by atoms with van der Waals surface area (Å²) in [5, 5.41) is 9.66. The SMILES string of the molecule is CCNC(=NCCCNC(=O)c1ccccc1)NCCCN1CCCCC1C.I. The lowest BCUT2D eigenvalue weighted by Crippen LogP contribution is -2.41. The van der Waals surface area contributed by atoms with Crippen molar-refractivity contribution in [3.63, 3.8) is 0 Å². The minimum absolute atomic E-state index is 0. The maximum atomic E-state index is 12.0. The minimum Gasteiger partial charge on any atom is -0.357 e. The van der Waals surface area contributed by atoms with Gasteiger partial charge < -0.3 is 20.9 Å². The van der Waals surface area contributed by atoms with Gasteiger partial charge in [0, 0.05) is 44.3 Å². The summed E-state index contributed by atoms with van der Waals surface area (Å²) in [7, 11) is 0. The average Bonchev–Trinajstić information content (AvgIpc) is 2.72. The van der Waals surface area contributed by atoms with Crippen LogP contribution in [0.2, 0.25) is 0 Å². The van der Waals surface area contributed by atoms with Crippen molar-refractivity contribution in [2.75, 3.05) is 39.3 Å². The van der Waals surface area contributed by atoms with E-state index in [0.29, 0.717) is 18.7 Å². The molecule has 1 fully saturated rings. The van der Waals surface area contributed by atoms with E-state index in [1.165, 1.54) is 25.8 Å². The fraction of sp³-hybridized carbons (Fsp3) is 0.636. The Labute approximate surface area is 193 Å². The predicted octanol–water partition coefficient (Wildman–Crippen LogP) is 3.24. The average molecular weight is 515 g/mol. The summed E-state index contributed by atoms with van der Waals surface area (Å²) in [4.78, 5) is 19.2. The van der Waals surface area contributed by atoms with Gasteiger partial charge in [0.15, 0.2) is 5.96 Å². The number of carbonyl (C=O) groups is 1. The van der Waals surface area contributed by atoms with E-state index in [4.69, 9.17) is 0 Å². The van der Waals surface area contributed by atoms with E-state index >= 15 is 0 Å². The molecule has 1 aliphatic heterocycles. The number of benzene rings is 1. The Balaban J connectivity index is 0.00000420. The highest BCUT2D eigenvalue weighted by molar-refractivity contribution is 14.0. The van der Waals surface area contributed by atoms with Crippen LogP contribution >= 0.6 is 24.0 Å². The molecule has 1 unspecified atom stereocenters. The van der Waals surface area contributed by atoms with Crippen LogP contribution < -0.4 is 16.0 Å². The fourth-order valence-corrected chi connectivity index (χ4v) is 3.48. The molecule has 2 rings (SSSR count). The first-order valence-electron chi connectivity index (χ1n) is 10.8. The van der Waals surface area contributed by atoms with Crippen LogP contribution in [0.3, 0.4) is 0 Å². The van der Waals surface area contributed by atoms with Crippen LogP contribution in [-0.2, 0) is 0 Å². The molecule has 1 atom stereocenters. The van der Waals surface area contributed by atoms with Crippen molar-refractivity contribution in [2.45, 2.75) is 52.0 Å². The fourth-order valence-electron chi connectivity index (χ4n) is 3.48. The zero-order chi connectivity index (χ0) is 20.0. The van der Waals surface area contributed by atoms with E-state index < -0.39 is 0 Å². The van der Waals surface area contributed by atoms with Crippen molar-refractivity contribution in [1.29, 1.82) is 0 Å². The highest BCUT2D eigenvalue weighted by Gasteiger charge is 2.17. The topological polar surface area (TPSA) is 68.8 Å². The number of hydrogen-bond acceptors (Lipinski definition) is 3. The Morgan fingerprint density at radius 1 is 1.10 bits per heavy atom. The first-order valence-corrected chi connectivity index (χ1v) is 10.8. The third kappa shape index (κ3) is 10.3. The summed E-state index contributed by atoms with van der Waals surface area (Å²) < 4.78 is 0. The first-order chi connectivity index (χ1) is 13.7. The van der Waals surface area contributed by atoms with E-state index in [2.05, 4.69) is 39.7 Å². The molecule has 1 saturated heterocycles. The number of hydrogen-bond donors (Lipinski definition) is 3. The van der Waals surface area contributed by atoms with Crippen LogP contribution in [0.1, 0.15) is 56.3 Å². The number of nitrogens with one attached hydrogen (secondary N) is 3. The number of guanidine groups is 1. The largest absolute Gasteiger partial charge is 0.357 e. The third-order valence-electron chi connectivity index (χ3n) is 5.13.